The first kappa shape index (κ1) is 94.9. The smallest absolute Gasteiger partial charge is 0.150 e. The van der Waals surface area contributed by atoms with E-state index >= 15 is 35.1 Å². The summed E-state index contributed by atoms with van der Waals surface area (Å²) in [7, 11) is -6.91. The number of rotatable bonds is 20. The third-order valence-corrected chi connectivity index (χ3v) is 36.1. The molecule has 20 aromatic rings. The summed E-state index contributed by atoms with van der Waals surface area (Å²) in [6.45, 7) is 43.6. The normalized spacial score (nSPS) is 12.1. The molecule has 0 aliphatic heterocycles. The van der Waals surface area contributed by atoms with Crippen LogP contribution in [0.5, 0.6) is 0 Å². The van der Waals surface area contributed by atoms with Crippen LogP contribution in [0.1, 0.15) is 44.5 Å². The third-order valence-electron chi connectivity index (χ3n) is 27.9. The molecule has 0 bridgehead atoms. The Bertz CT molecular complexity index is 7770. The lowest BCUT2D eigenvalue weighted by Crippen LogP contribution is -2.37. The average molecular weight is 1920 g/mol. The molecule has 0 unspecified atom stereocenters. The van der Waals surface area contributed by atoms with Crippen LogP contribution in [-0.2, 0) is 0 Å². The first-order chi connectivity index (χ1) is 66.5. The summed E-state index contributed by atoms with van der Waals surface area (Å²) in [4.78, 5) is 7.77. The zero-order valence-corrected chi connectivity index (χ0v) is 86.8. The lowest BCUT2D eigenvalue weighted by atomic mass is 9.91. The Morgan fingerprint density at radius 2 is 0.393 bits per heavy atom. The second-order valence-corrected chi connectivity index (χ2v) is 62.5. The lowest BCUT2D eigenvalue weighted by molar-refractivity contribution is 0.584. The van der Waals surface area contributed by atoms with Crippen molar-refractivity contribution >= 4 is 186 Å². The first-order valence-corrected chi connectivity index (χ1v) is 61.8. The van der Waals surface area contributed by atoms with Crippen molar-refractivity contribution in [2.75, 3.05) is 19.6 Å². The van der Waals surface area contributed by atoms with E-state index in [1.807, 2.05) is 208 Å². The summed E-state index contributed by atoms with van der Waals surface area (Å²) in [6, 6.07) is 100.0. The maximum absolute atomic E-state index is 17.2. The SMILES string of the molecule is Cc1cc(C)cc(-c2cc(F)cc(F)c2N(c2ccc([Si](C)(C)C)cc2)c2ccc3ccc4c(N(c5ccc([Si](C)(C)C)cc5)c5c(F)cc(F)cc5-c5cc(C)cc(C)c5)ccc5ccc2c3c54)c1.Cc1ccc(-c2cc(F)cc(F)c2N(c2ccc([Si](C)(C)C)cc2)c2ccc3ccc4c(N(c5ccc([Si](C)(C)C)cc5)c5c(F)cc(F)cc5-c5ccc(C)c(C)c5)ccc5ccc2c3c54)cc1C. The standard InChI is InChI=1S/2C62H56F4N2Si2/c1-37-27-38(2)30-43(29-37)53-33-45(63)35-55(65)61(53)67(47-15-19-49(20-16-47)69(5,6)7)57-25-13-41-12-24-52-58(26-14-42-11-23-51(57)59(41)60(42)52)68(48-17-21-50(22-18-48)70(8,9)10)62-54(34-46(64)36-56(62)66)44-31-39(3)28-40(4)32-44;1-37-11-13-43(31-39(37)3)53-33-45(63)35-55(65)61(53)67(47-19-23-49(24-20-47)69(5,6)7)57-29-17-41-16-28-52-58(30-18-42-15-27-51(57)59(41)60(42)52)68(48-21-25-50(26-22-48)70(8,9)10)62-54(34-46(64)36-56(62)66)44-14-12-38(2)40(4)32-44/h2*11-36H,1-10H3. The summed E-state index contributed by atoms with van der Waals surface area (Å²) < 4.78 is 131. The minimum Gasteiger partial charge on any atom is -0.307 e. The predicted molar refractivity (Wildman–Crippen MR) is 590 cm³/mol. The molecule has 16 heteroatoms. The van der Waals surface area contributed by atoms with E-state index in [-0.39, 0.29) is 22.7 Å². The fourth-order valence-corrected chi connectivity index (χ4v) is 25.1. The molecule has 0 fully saturated rings. The summed E-state index contributed by atoms with van der Waals surface area (Å²) in [5.74, 6) is -5.40. The highest BCUT2D eigenvalue weighted by atomic mass is 28.3. The van der Waals surface area contributed by atoms with Crippen LogP contribution in [0.25, 0.3) is 109 Å². The lowest BCUT2D eigenvalue weighted by Gasteiger charge is -2.32. The Balaban J connectivity index is 0.000000178. The molecule has 20 rings (SSSR count). The quantitative estimate of drug-likeness (QED) is 0.0428. The van der Waals surface area contributed by atoms with Gasteiger partial charge in [0.25, 0.3) is 0 Å². The topological polar surface area (TPSA) is 13.0 Å². The van der Waals surface area contributed by atoms with Crippen molar-refractivity contribution in [3.8, 4) is 44.5 Å². The molecule has 0 atom stereocenters. The van der Waals surface area contributed by atoms with Gasteiger partial charge in [-0.1, -0.05) is 316 Å². The van der Waals surface area contributed by atoms with Crippen molar-refractivity contribution in [1.82, 2.24) is 0 Å². The van der Waals surface area contributed by atoms with Gasteiger partial charge >= 0.3 is 0 Å². The van der Waals surface area contributed by atoms with E-state index in [9.17, 15) is 0 Å². The second-order valence-electron chi connectivity index (χ2n) is 42.2. The number of aryl methyl sites for hydroxylation is 8. The van der Waals surface area contributed by atoms with Crippen molar-refractivity contribution in [3.05, 3.63) is 406 Å². The van der Waals surface area contributed by atoms with E-state index in [2.05, 4.69) is 212 Å². The highest BCUT2D eigenvalue weighted by Crippen LogP contribution is 2.56. The Labute approximate surface area is 819 Å². The first-order valence-electron chi connectivity index (χ1n) is 47.8. The molecule has 4 nitrogen and oxygen atoms in total. The Hall–Kier alpha value is -14.0. The number of halogens is 8. The highest BCUT2D eigenvalue weighted by Gasteiger charge is 2.35. The molecule has 0 heterocycles. The Morgan fingerprint density at radius 3 is 0.600 bits per heavy atom. The molecule has 140 heavy (non-hydrogen) atoms. The molecule has 700 valence electrons. The van der Waals surface area contributed by atoms with Gasteiger partial charge in [-0.05, 0) is 240 Å². The van der Waals surface area contributed by atoms with Gasteiger partial charge in [0.2, 0.25) is 0 Å². The molecular formula is C124H112F8N4Si4. The minimum absolute atomic E-state index is 0.236. The molecular weight excluding hydrogens is 1810 g/mol. The molecule has 0 amide bonds. The number of benzene rings is 20. The van der Waals surface area contributed by atoms with Crippen LogP contribution in [0.4, 0.5) is 103 Å². The van der Waals surface area contributed by atoms with E-state index in [1.165, 1.54) is 45.0 Å². The molecule has 0 aliphatic rings. The van der Waals surface area contributed by atoms with Gasteiger partial charge in [0, 0.05) is 90.8 Å². The zero-order valence-electron chi connectivity index (χ0n) is 82.8. The molecule has 20 aromatic carbocycles. The Kier molecular flexibility index (Phi) is 24.6. The van der Waals surface area contributed by atoms with Gasteiger partial charge in [0.15, 0.2) is 23.3 Å². The Morgan fingerprint density at radius 1 is 0.186 bits per heavy atom. The van der Waals surface area contributed by atoms with Gasteiger partial charge in [-0.15, -0.1) is 0 Å². The van der Waals surface area contributed by atoms with Gasteiger partial charge < -0.3 is 19.6 Å². The number of hydrogen-bond acceptors (Lipinski definition) is 4. The van der Waals surface area contributed by atoms with Crippen LogP contribution in [0.2, 0.25) is 78.6 Å². The maximum Gasteiger partial charge on any atom is 0.150 e. The minimum atomic E-state index is -1.73. The van der Waals surface area contributed by atoms with E-state index in [4.69, 9.17) is 0 Å². The third kappa shape index (κ3) is 17.9. The van der Waals surface area contributed by atoms with Gasteiger partial charge in [-0.3, -0.25) is 0 Å². The summed E-state index contributed by atoms with van der Waals surface area (Å²) in [6.07, 6.45) is 0. The summed E-state index contributed by atoms with van der Waals surface area (Å²) in [5.41, 5.74) is 19.4. The molecule has 0 aliphatic carbocycles. The van der Waals surface area contributed by atoms with E-state index < -0.39 is 78.8 Å². The van der Waals surface area contributed by atoms with Crippen LogP contribution in [-0.4, -0.2) is 32.3 Å². The van der Waals surface area contributed by atoms with Crippen LogP contribution < -0.4 is 40.3 Å². The molecule has 0 spiro atoms. The van der Waals surface area contributed by atoms with Crippen molar-refractivity contribution < 1.29 is 35.1 Å². The van der Waals surface area contributed by atoms with Gasteiger partial charge in [0.05, 0.1) is 77.8 Å². The van der Waals surface area contributed by atoms with Crippen LogP contribution in [0.3, 0.4) is 0 Å². The van der Waals surface area contributed by atoms with Gasteiger partial charge in [-0.2, -0.15) is 0 Å². The summed E-state index contributed by atoms with van der Waals surface area (Å²) in [5, 5.41) is 16.1. The fraction of sp³-hybridized carbons (Fsp3) is 0.161. The maximum atomic E-state index is 17.2. The molecule has 0 saturated heterocycles. The monoisotopic (exact) mass is 1920 g/mol. The zero-order chi connectivity index (χ0) is 99.1. The van der Waals surface area contributed by atoms with E-state index in [1.54, 1.807) is 0 Å². The van der Waals surface area contributed by atoms with Gasteiger partial charge in [-0.25, -0.2) is 35.1 Å². The molecule has 0 N–H and O–H groups in total. The molecule has 0 radical (unpaired) electrons. The van der Waals surface area contributed by atoms with Crippen molar-refractivity contribution in [2.45, 2.75) is 134 Å². The van der Waals surface area contributed by atoms with Crippen LogP contribution in [0.15, 0.2) is 315 Å². The van der Waals surface area contributed by atoms with Crippen molar-refractivity contribution in [2.24, 2.45) is 0 Å². The second kappa shape index (κ2) is 36.3. The largest absolute Gasteiger partial charge is 0.307 e. The highest BCUT2D eigenvalue weighted by molar-refractivity contribution is 6.90. The number of anilines is 12. The number of nitrogens with zero attached hydrogens (tertiary/aromatic N) is 4. The number of hydrogen-bond donors (Lipinski definition) is 0. The van der Waals surface area contributed by atoms with Crippen LogP contribution in [0, 0.1) is 102 Å². The summed E-state index contributed by atoms with van der Waals surface area (Å²) >= 11 is 0. The average Bonchev–Trinajstić information content (AvgIpc) is 0.715. The van der Waals surface area contributed by atoms with Crippen LogP contribution >= 0.6 is 0 Å². The van der Waals surface area contributed by atoms with E-state index in [0.717, 1.165) is 156 Å². The fourth-order valence-electron chi connectivity index (χ4n) is 20.4. The van der Waals surface area contributed by atoms with Crippen molar-refractivity contribution in [1.29, 1.82) is 0 Å². The van der Waals surface area contributed by atoms with Gasteiger partial charge in [0.1, 0.15) is 23.3 Å². The van der Waals surface area contributed by atoms with Crippen molar-refractivity contribution in [3.63, 3.8) is 0 Å². The predicted octanol–water partition coefficient (Wildman–Crippen LogP) is 35.5. The molecule has 0 saturated carbocycles. The molecule has 0 aromatic heterocycles. The van der Waals surface area contributed by atoms with E-state index in [0.29, 0.717) is 67.3 Å².